The van der Waals surface area contributed by atoms with Crippen LogP contribution in [0.25, 0.3) is 0 Å². The number of aromatic nitrogens is 1. The number of rotatable bonds is 3. The van der Waals surface area contributed by atoms with Crippen molar-refractivity contribution in [2.75, 3.05) is 0 Å². The lowest BCUT2D eigenvalue weighted by molar-refractivity contribution is 0.0948. The summed E-state index contributed by atoms with van der Waals surface area (Å²) in [5.41, 5.74) is -1.06. The molecule has 0 saturated carbocycles. The normalized spacial score (nSPS) is 21.4. The van der Waals surface area contributed by atoms with E-state index in [-0.39, 0.29) is 20.7 Å². The zero-order valence-corrected chi connectivity index (χ0v) is 13.0. The number of aliphatic imine (C=N–C) groups is 1. The topological polar surface area (TPSA) is 63.5 Å². The number of hydrogen-bond donors (Lipinski definition) is 1. The third-order valence-electron chi connectivity index (χ3n) is 3.05. The molecule has 20 heavy (non-hydrogen) atoms. The van der Waals surface area contributed by atoms with Crippen molar-refractivity contribution in [3.05, 3.63) is 57.0 Å². The Kier molecular flexibility index (Phi) is 3.71. The molecule has 0 aliphatic carbocycles. The van der Waals surface area contributed by atoms with E-state index in [0.717, 1.165) is 0 Å². The number of hydrogen-bond acceptors (Lipinski definition) is 3. The van der Waals surface area contributed by atoms with E-state index in [0.29, 0.717) is 5.71 Å². The zero-order valence-electron chi connectivity index (χ0n) is 10.6. The van der Waals surface area contributed by atoms with Crippen molar-refractivity contribution in [1.29, 1.82) is 0 Å². The van der Waals surface area contributed by atoms with Crippen LogP contribution in [-0.2, 0) is 5.66 Å². The summed E-state index contributed by atoms with van der Waals surface area (Å²) in [4.78, 5) is 28.5. The van der Waals surface area contributed by atoms with Crippen molar-refractivity contribution in [2.24, 2.45) is 4.99 Å². The summed E-state index contributed by atoms with van der Waals surface area (Å²) in [5, 5.41) is 2.89. The maximum absolute atomic E-state index is 12.3. The summed E-state index contributed by atoms with van der Waals surface area (Å²) in [7, 11) is 0. The van der Waals surface area contributed by atoms with E-state index in [9.17, 15) is 9.59 Å². The molecule has 0 fully saturated rings. The van der Waals surface area contributed by atoms with Crippen molar-refractivity contribution in [2.45, 2.75) is 12.6 Å². The molecule has 5 nitrogen and oxygen atoms in total. The zero-order chi connectivity index (χ0) is 15.1. The predicted molar refractivity (Wildman–Crippen MR) is 82.4 cm³/mol. The van der Waals surface area contributed by atoms with Crippen LogP contribution in [-0.4, -0.2) is 16.2 Å². The number of carbonyl (C=O) groups excluding carboxylic acids is 1. The van der Waals surface area contributed by atoms with Crippen molar-refractivity contribution < 1.29 is 4.79 Å². The van der Waals surface area contributed by atoms with Crippen molar-refractivity contribution in [3.8, 4) is 0 Å². The highest BCUT2D eigenvalue weighted by atomic mass is 79.9. The molecule has 0 spiro atoms. The Morgan fingerprint density at radius 2 is 2.20 bits per heavy atom. The Hall–Kier alpha value is -1.66. The Morgan fingerprint density at radius 1 is 1.55 bits per heavy atom. The number of nitrogens with one attached hydrogen (secondary N) is 1. The monoisotopic (exact) mass is 355 g/mol. The fourth-order valence-electron chi connectivity index (χ4n) is 2.18. The highest BCUT2D eigenvalue weighted by Crippen LogP contribution is 2.29. The molecule has 1 aromatic heterocycles. The van der Waals surface area contributed by atoms with Gasteiger partial charge in [-0.1, -0.05) is 24.8 Å². The first-order chi connectivity index (χ1) is 9.36. The van der Waals surface area contributed by atoms with E-state index in [4.69, 9.17) is 11.6 Å². The Balaban J connectivity index is 2.87. The Morgan fingerprint density at radius 3 is 2.75 bits per heavy atom. The quantitative estimate of drug-likeness (QED) is 0.846. The van der Waals surface area contributed by atoms with E-state index < -0.39 is 11.6 Å². The van der Waals surface area contributed by atoms with Gasteiger partial charge >= 0.3 is 0 Å². The van der Waals surface area contributed by atoms with Crippen molar-refractivity contribution in [1.82, 2.24) is 9.88 Å². The fourth-order valence-corrected chi connectivity index (χ4v) is 3.00. The number of halogens is 2. The van der Waals surface area contributed by atoms with E-state index >= 15 is 0 Å². The third-order valence-corrected chi connectivity index (χ3v) is 3.91. The molecule has 0 radical (unpaired) electrons. The molecule has 1 aliphatic heterocycles. The molecule has 2 heterocycles. The molecular weight excluding hydrogens is 346 g/mol. The molecule has 7 heteroatoms. The maximum atomic E-state index is 12.3. The minimum Gasteiger partial charge on any atom is -0.323 e. The summed E-state index contributed by atoms with van der Waals surface area (Å²) < 4.78 is 1.53. The van der Waals surface area contributed by atoms with Crippen LogP contribution in [0.1, 0.15) is 17.4 Å². The number of nitrogens with zero attached hydrogens (tertiary/aromatic N) is 2. The van der Waals surface area contributed by atoms with Crippen LogP contribution < -0.4 is 10.9 Å². The summed E-state index contributed by atoms with van der Waals surface area (Å²) in [6, 6.07) is 1.40. The van der Waals surface area contributed by atoms with E-state index in [2.05, 4.69) is 39.4 Å². The fraction of sp³-hybridized carbons (Fsp3) is 0.154. The first-order valence-corrected chi connectivity index (χ1v) is 6.79. The molecule has 2 rings (SSSR count). The van der Waals surface area contributed by atoms with Crippen LogP contribution in [0.2, 0.25) is 5.02 Å². The second-order valence-electron chi connectivity index (χ2n) is 4.26. The molecule has 104 valence electrons. The SMILES string of the molecule is C=CN=C(C=C)C1(C)NC(=O)c2c(Cl)cc(Br)c(=O)n21. The van der Waals surface area contributed by atoms with Gasteiger partial charge in [0.15, 0.2) is 5.66 Å². The Bertz CT molecular complexity index is 723. The molecule has 1 aromatic rings. The van der Waals surface area contributed by atoms with Gasteiger partial charge in [0, 0.05) is 6.20 Å². The third kappa shape index (κ3) is 1.96. The highest BCUT2D eigenvalue weighted by molar-refractivity contribution is 9.10. The molecule has 1 atom stereocenters. The molecule has 1 N–H and O–H groups in total. The Labute approximate surface area is 128 Å². The summed E-state index contributed by atoms with van der Waals surface area (Å²) >= 11 is 9.20. The molecule has 1 unspecified atom stereocenters. The lowest BCUT2D eigenvalue weighted by atomic mass is 10.1. The van der Waals surface area contributed by atoms with Crippen LogP contribution in [0.5, 0.6) is 0 Å². The summed E-state index contributed by atoms with van der Waals surface area (Å²) in [6.07, 6.45) is 2.77. The molecule has 1 amide bonds. The van der Waals surface area contributed by atoms with E-state index in [1.165, 1.54) is 22.9 Å². The van der Waals surface area contributed by atoms with Gasteiger partial charge in [0.2, 0.25) is 0 Å². The maximum Gasteiger partial charge on any atom is 0.271 e. The van der Waals surface area contributed by atoms with Crippen molar-refractivity contribution >= 4 is 39.1 Å². The first kappa shape index (κ1) is 14.7. The second kappa shape index (κ2) is 5.03. The van der Waals surface area contributed by atoms with Crippen molar-refractivity contribution in [3.63, 3.8) is 0 Å². The van der Waals surface area contributed by atoms with Gasteiger partial charge in [-0.15, -0.1) is 0 Å². The van der Waals surface area contributed by atoms with Gasteiger partial charge in [0.25, 0.3) is 11.5 Å². The molecule has 0 bridgehead atoms. The van der Waals surface area contributed by atoms with Crippen LogP contribution in [0.4, 0.5) is 0 Å². The second-order valence-corrected chi connectivity index (χ2v) is 5.52. The number of amides is 1. The lowest BCUT2D eigenvalue weighted by Crippen LogP contribution is -2.50. The minimum atomic E-state index is -1.16. The van der Waals surface area contributed by atoms with E-state index in [1.54, 1.807) is 6.92 Å². The minimum absolute atomic E-state index is 0.0981. The van der Waals surface area contributed by atoms with Gasteiger partial charge in [-0.2, -0.15) is 0 Å². The van der Waals surface area contributed by atoms with Gasteiger partial charge in [-0.3, -0.25) is 19.1 Å². The number of pyridine rings is 1. The molecule has 0 aromatic carbocycles. The highest BCUT2D eigenvalue weighted by Gasteiger charge is 2.44. The largest absolute Gasteiger partial charge is 0.323 e. The smallest absolute Gasteiger partial charge is 0.271 e. The molecule has 1 aliphatic rings. The molecule has 0 saturated heterocycles. The van der Waals surface area contributed by atoms with Crippen LogP contribution in [0.15, 0.2) is 45.8 Å². The summed E-state index contributed by atoms with van der Waals surface area (Å²) in [5.74, 6) is -0.444. The predicted octanol–water partition coefficient (Wildman–Crippen LogP) is 2.45. The average molecular weight is 357 g/mol. The number of carbonyl (C=O) groups is 1. The lowest BCUT2D eigenvalue weighted by Gasteiger charge is -2.27. The van der Waals surface area contributed by atoms with Gasteiger partial charge < -0.3 is 5.32 Å². The molecular formula is C13H11BrClN3O2. The van der Waals surface area contributed by atoms with Crippen LogP contribution in [0, 0.1) is 0 Å². The van der Waals surface area contributed by atoms with Gasteiger partial charge in [0.05, 0.1) is 15.2 Å². The average Bonchev–Trinajstić information content (AvgIpc) is 2.66. The van der Waals surface area contributed by atoms with E-state index in [1.807, 2.05) is 0 Å². The van der Waals surface area contributed by atoms with Crippen LogP contribution in [0.3, 0.4) is 0 Å². The van der Waals surface area contributed by atoms with Gasteiger partial charge in [-0.05, 0) is 35.0 Å². The first-order valence-electron chi connectivity index (χ1n) is 5.62. The number of fused-ring (bicyclic) bond motifs is 1. The van der Waals surface area contributed by atoms with Crippen LogP contribution >= 0.6 is 27.5 Å². The van der Waals surface area contributed by atoms with Gasteiger partial charge in [-0.25, -0.2) is 0 Å². The summed E-state index contributed by atoms with van der Waals surface area (Å²) in [6.45, 7) is 8.81. The van der Waals surface area contributed by atoms with Gasteiger partial charge in [0.1, 0.15) is 5.69 Å². The standard InChI is InChI=1S/C13H11BrClN3O2/c1-4-9(16-5-2)13(3)17-11(19)10-8(15)6-7(14)12(20)18(10)13/h4-6H,1-2H2,3H3,(H,17,19).